The van der Waals surface area contributed by atoms with E-state index >= 15 is 0 Å². The Morgan fingerprint density at radius 2 is 2.17 bits per heavy atom. The van der Waals surface area contributed by atoms with Gasteiger partial charge < -0.3 is 20.3 Å². The van der Waals surface area contributed by atoms with Crippen LogP contribution in [-0.4, -0.2) is 50.7 Å². The maximum absolute atomic E-state index is 5.67. The van der Waals surface area contributed by atoms with E-state index in [9.17, 15) is 0 Å². The minimum absolute atomic E-state index is 0.679. The number of ether oxygens (including phenoxy) is 1. The molecule has 1 aromatic rings. The molecule has 134 valence electrons. The highest BCUT2D eigenvalue weighted by Crippen LogP contribution is 2.17. The van der Waals surface area contributed by atoms with Gasteiger partial charge >= 0.3 is 0 Å². The zero-order valence-corrected chi connectivity index (χ0v) is 15.3. The molecule has 0 amide bonds. The highest BCUT2D eigenvalue weighted by molar-refractivity contribution is 5.79. The molecule has 1 aliphatic heterocycles. The Labute approximate surface area is 146 Å². The van der Waals surface area contributed by atoms with Gasteiger partial charge in [-0.25, -0.2) is 0 Å². The Balaban J connectivity index is 1.74. The van der Waals surface area contributed by atoms with Crippen molar-refractivity contribution in [1.29, 1.82) is 0 Å². The Kier molecular flexibility index (Phi) is 7.89. The normalized spacial score (nSPS) is 19.1. The average molecular weight is 332 g/mol. The van der Waals surface area contributed by atoms with E-state index in [1.54, 1.807) is 0 Å². The molecule has 2 rings (SSSR count). The molecule has 5 nitrogen and oxygen atoms in total. The van der Waals surface area contributed by atoms with Gasteiger partial charge in [-0.1, -0.05) is 25.1 Å². The molecule has 1 heterocycles. The van der Waals surface area contributed by atoms with Crippen LogP contribution in [0.25, 0.3) is 0 Å². The van der Waals surface area contributed by atoms with E-state index in [4.69, 9.17) is 4.74 Å². The van der Waals surface area contributed by atoms with Gasteiger partial charge in [0.2, 0.25) is 0 Å². The van der Waals surface area contributed by atoms with Crippen molar-refractivity contribution in [3.8, 4) is 5.75 Å². The van der Waals surface area contributed by atoms with Crippen molar-refractivity contribution in [2.24, 2.45) is 10.9 Å². The number of nitrogens with one attached hydrogen (secondary N) is 2. The molecule has 0 bridgehead atoms. The minimum Gasteiger partial charge on any atom is -0.494 e. The molecule has 1 unspecified atom stereocenters. The third-order valence-corrected chi connectivity index (χ3v) is 4.40. The third-order valence-electron chi connectivity index (χ3n) is 4.40. The maximum Gasteiger partial charge on any atom is 0.191 e. The summed E-state index contributed by atoms with van der Waals surface area (Å²) in [6.45, 7) is 10.2. The summed E-state index contributed by atoms with van der Waals surface area (Å²) >= 11 is 0. The van der Waals surface area contributed by atoms with Crippen molar-refractivity contribution in [3.63, 3.8) is 0 Å². The van der Waals surface area contributed by atoms with E-state index < -0.39 is 0 Å². The van der Waals surface area contributed by atoms with E-state index in [1.807, 2.05) is 32.2 Å². The van der Waals surface area contributed by atoms with E-state index in [1.165, 1.54) is 25.9 Å². The molecule has 0 saturated carbocycles. The van der Waals surface area contributed by atoms with E-state index in [-0.39, 0.29) is 0 Å². The predicted molar refractivity (Wildman–Crippen MR) is 101 cm³/mol. The summed E-state index contributed by atoms with van der Waals surface area (Å²) in [6.07, 6.45) is 2.69. The number of piperidine rings is 1. The van der Waals surface area contributed by atoms with Crippen molar-refractivity contribution in [3.05, 3.63) is 29.8 Å². The summed E-state index contributed by atoms with van der Waals surface area (Å²) in [5.41, 5.74) is 1.15. The summed E-state index contributed by atoms with van der Waals surface area (Å²) in [6, 6.07) is 8.13. The lowest BCUT2D eigenvalue weighted by Crippen LogP contribution is -2.43. The number of guanidine groups is 1. The van der Waals surface area contributed by atoms with Crippen LogP contribution in [0.4, 0.5) is 0 Å². The summed E-state index contributed by atoms with van der Waals surface area (Å²) < 4.78 is 5.67. The van der Waals surface area contributed by atoms with E-state index in [0.29, 0.717) is 13.2 Å². The van der Waals surface area contributed by atoms with Gasteiger partial charge in [-0.2, -0.15) is 0 Å². The van der Waals surface area contributed by atoms with Crippen molar-refractivity contribution >= 4 is 5.96 Å². The average Bonchev–Trinajstić information content (AvgIpc) is 2.59. The first-order chi connectivity index (χ1) is 11.7. The molecule has 5 heteroatoms. The second-order valence-electron chi connectivity index (χ2n) is 6.44. The number of para-hydroxylation sites is 1. The van der Waals surface area contributed by atoms with Crippen LogP contribution >= 0.6 is 0 Å². The summed E-state index contributed by atoms with van der Waals surface area (Å²) in [5.74, 6) is 2.60. The lowest BCUT2D eigenvalue weighted by molar-refractivity contribution is 0.187. The predicted octanol–water partition coefficient (Wildman–Crippen LogP) is 2.48. The molecule has 0 aliphatic carbocycles. The first-order valence-electron chi connectivity index (χ1n) is 9.10. The SMILES string of the molecule is CCOc1ccccc1CNC(=NC)NCCN1CCCC(C)C1. The first kappa shape index (κ1) is 18.6. The highest BCUT2D eigenvalue weighted by Gasteiger charge is 2.15. The number of likely N-dealkylation sites (tertiary alicyclic amines) is 1. The van der Waals surface area contributed by atoms with Crippen LogP contribution in [-0.2, 0) is 6.54 Å². The zero-order valence-electron chi connectivity index (χ0n) is 15.3. The van der Waals surface area contributed by atoms with Crippen LogP contribution < -0.4 is 15.4 Å². The van der Waals surface area contributed by atoms with Crippen molar-refractivity contribution in [2.45, 2.75) is 33.2 Å². The van der Waals surface area contributed by atoms with Gasteiger partial charge in [0.1, 0.15) is 5.75 Å². The standard InChI is InChI=1S/C19H32N4O/c1-4-24-18-10-6-5-9-17(18)14-22-19(20-3)21-11-13-23-12-7-8-16(2)15-23/h5-6,9-10,16H,4,7-8,11-15H2,1-3H3,(H2,20,21,22). The third kappa shape index (κ3) is 6.04. The quantitative estimate of drug-likeness (QED) is 0.595. The molecule has 1 atom stereocenters. The molecule has 2 N–H and O–H groups in total. The number of hydrogen-bond donors (Lipinski definition) is 2. The Morgan fingerprint density at radius 3 is 2.92 bits per heavy atom. The lowest BCUT2D eigenvalue weighted by atomic mass is 10.0. The van der Waals surface area contributed by atoms with Crippen LogP contribution in [0, 0.1) is 5.92 Å². The molecule has 24 heavy (non-hydrogen) atoms. The van der Waals surface area contributed by atoms with Crippen LogP contribution in [0.1, 0.15) is 32.3 Å². The molecular formula is C19H32N4O. The lowest BCUT2D eigenvalue weighted by Gasteiger charge is -2.30. The zero-order chi connectivity index (χ0) is 17.2. The van der Waals surface area contributed by atoms with Crippen LogP contribution in [0.15, 0.2) is 29.3 Å². The number of nitrogens with zero attached hydrogens (tertiary/aromatic N) is 2. The Bertz CT molecular complexity index is 518. The highest BCUT2D eigenvalue weighted by atomic mass is 16.5. The fraction of sp³-hybridized carbons (Fsp3) is 0.632. The Hall–Kier alpha value is -1.75. The monoisotopic (exact) mass is 332 g/mol. The maximum atomic E-state index is 5.67. The second kappa shape index (κ2) is 10.2. The topological polar surface area (TPSA) is 48.9 Å². The van der Waals surface area contributed by atoms with Gasteiger partial charge in [0.25, 0.3) is 0 Å². The molecule has 1 aliphatic rings. The molecule has 0 spiro atoms. The summed E-state index contributed by atoms with van der Waals surface area (Å²) in [7, 11) is 1.81. The molecule has 1 aromatic carbocycles. The van der Waals surface area contributed by atoms with Crippen molar-refractivity contribution in [2.75, 3.05) is 39.8 Å². The molecule has 1 fully saturated rings. The van der Waals surface area contributed by atoms with Gasteiger partial charge in [-0.15, -0.1) is 0 Å². The van der Waals surface area contributed by atoms with Gasteiger partial charge in [0.15, 0.2) is 5.96 Å². The van der Waals surface area contributed by atoms with Crippen LogP contribution in [0.5, 0.6) is 5.75 Å². The smallest absolute Gasteiger partial charge is 0.191 e. The fourth-order valence-corrected chi connectivity index (χ4v) is 3.17. The van der Waals surface area contributed by atoms with Gasteiger partial charge in [-0.3, -0.25) is 4.99 Å². The molecular weight excluding hydrogens is 300 g/mol. The van der Waals surface area contributed by atoms with Gasteiger partial charge in [-0.05, 0) is 38.3 Å². The second-order valence-corrected chi connectivity index (χ2v) is 6.44. The summed E-state index contributed by atoms with van der Waals surface area (Å²) in [4.78, 5) is 6.85. The van der Waals surface area contributed by atoms with E-state index in [2.05, 4.69) is 33.5 Å². The van der Waals surface area contributed by atoms with Crippen molar-refractivity contribution < 1.29 is 4.74 Å². The molecule has 1 saturated heterocycles. The fourth-order valence-electron chi connectivity index (χ4n) is 3.17. The van der Waals surface area contributed by atoms with Gasteiger partial charge in [0.05, 0.1) is 6.61 Å². The van der Waals surface area contributed by atoms with Gasteiger partial charge in [0, 0.05) is 38.8 Å². The molecule has 0 aromatic heterocycles. The number of benzene rings is 1. The Morgan fingerprint density at radius 1 is 1.33 bits per heavy atom. The number of rotatable bonds is 7. The number of aliphatic imine (C=N–C) groups is 1. The largest absolute Gasteiger partial charge is 0.494 e. The molecule has 0 radical (unpaired) electrons. The minimum atomic E-state index is 0.679. The van der Waals surface area contributed by atoms with Crippen LogP contribution in [0.2, 0.25) is 0 Å². The van der Waals surface area contributed by atoms with E-state index in [0.717, 1.165) is 36.3 Å². The van der Waals surface area contributed by atoms with Crippen molar-refractivity contribution in [1.82, 2.24) is 15.5 Å². The number of hydrogen-bond acceptors (Lipinski definition) is 3. The first-order valence-corrected chi connectivity index (χ1v) is 9.10. The van der Waals surface area contributed by atoms with Crippen LogP contribution in [0.3, 0.4) is 0 Å². The summed E-state index contributed by atoms with van der Waals surface area (Å²) in [5, 5.41) is 6.78.